The zero-order chi connectivity index (χ0) is 15.1. The summed E-state index contributed by atoms with van der Waals surface area (Å²) in [6.45, 7) is 1.41. The van der Waals surface area contributed by atoms with E-state index < -0.39 is 0 Å². The fourth-order valence-electron chi connectivity index (χ4n) is 2.77. The van der Waals surface area contributed by atoms with Gasteiger partial charge in [-0.3, -0.25) is 9.59 Å². The highest BCUT2D eigenvalue weighted by Gasteiger charge is 2.25. The Labute approximate surface area is 137 Å². The Morgan fingerprint density at radius 1 is 1.23 bits per heavy atom. The first-order valence-electron chi connectivity index (χ1n) is 7.55. The average Bonchev–Trinajstić information content (AvgIpc) is 2.54. The number of carbonyl (C=O) groups excluding carboxylic acids is 2. The van der Waals surface area contributed by atoms with Gasteiger partial charge in [-0.25, -0.2) is 0 Å². The molecular weight excluding hydrogens is 302 g/mol. The van der Waals surface area contributed by atoms with Crippen molar-refractivity contribution in [2.75, 3.05) is 19.6 Å². The van der Waals surface area contributed by atoms with Gasteiger partial charge in [0.15, 0.2) is 0 Å². The Balaban J connectivity index is 0.00000242. The molecule has 1 aliphatic heterocycles. The first-order valence-corrected chi connectivity index (χ1v) is 7.55. The van der Waals surface area contributed by atoms with Crippen LogP contribution in [0.3, 0.4) is 0 Å². The monoisotopic (exact) mass is 325 g/mol. The molecule has 5 nitrogen and oxygen atoms in total. The minimum Gasteiger partial charge on any atom is -0.343 e. The number of rotatable bonds is 5. The molecule has 122 valence electrons. The summed E-state index contributed by atoms with van der Waals surface area (Å²) in [4.78, 5) is 26.1. The van der Waals surface area contributed by atoms with Crippen LogP contribution in [0.25, 0.3) is 0 Å². The number of likely N-dealkylation sites (tertiary alicyclic amines) is 1. The molecule has 0 radical (unpaired) electrons. The van der Waals surface area contributed by atoms with Crippen LogP contribution in [0.5, 0.6) is 0 Å². The van der Waals surface area contributed by atoms with E-state index in [1.54, 1.807) is 24.3 Å². The standard InChI is InChI=1S/C16H23N3O2.ClH/c17-10-9-14-8-4-5-11-19(14)15(20)12-18-16(21)13-6-2-1-3-7-13;/h1-3,6-7,14H,4-5,8-12,17H2,(H,18,21);1H. The first-order chi connectivity index (χ1) is 10.2. The summed E-state index contributed by atoms with van der Waals surface area (Å²) >= 11 is 0. The van der Waals surface area contributed by atoms with Crippen molar-refractivity contribution in [2.45, 2.75) is 31.7 Å². The zero-order valence-electron chi connectivity index (χ0n) is 12.7. The molecule has 2 rings (SSSR count). The summed E-state index contributed by atoms with van der Waals surface area (Å²) in [5, 5.41) is 2.70. The highest BCUT2D eigenvalue weighted by atomic mass is 35.5. The molecule has 1 aliphatic rings. The third-order valence-electron chi connectivity index (χ3n) is 3.88. The summed E-state index contributed by atoms with van der Waals surface area (Å²) in [5.74, 6) is -0.228. The van der Waals surface area contributed by atoms with Crippen LogP contribution in [0.15, 0.2) is 30.3 Å². The second-order valence-electron chi connectivity index (χ2n) is 5.36. The lowest BCUT2D eigenvalue weighted by Crippen LogP contribution is -2.48. The minimum absolute atomic E-state index is 0. The Morgan fingerprint density at radius 3 is 2.64 bits per heavy atom. The van der Waals surface area contributed by atoms with Crippen molar-refractivity contribution in [3.63, 3.8) is 0 Å². The Bertz CT molecular complexity index is 480. The van der Waals surface area contributed by atoms with E-state index in [0.29, 0.717) is 12.1 Å². The molecule has 6 heteroatoms. The van der Waals surface area contributed by atoms with Gasteiger partial charge in [0.05, 0.1) is 6.54 Å². The van der Waals surface area contributed by atoms with Crippen molar-refractivity contribution in [3.8, 4) is 0 Å². The van der Waals surface area contributed by atoms with Crippen LogP contribution < -0.4 is 11.1 Å². The van der Waals surface area contributed by atoms with Crippen LogP contribution in [0.2, 0.25) is 0 Å². The molecular formula is C16H24ClN3O2. The molecule has 3 N–H and O–H groups in total. The Kier molecular flexibility index (Phi) is 7.91. The quantitative estimate of drug-likeness (QED) is 0.862. The highest BCUT2D eigenvalue weighted by molar-refractivity contribution is 5.96. The third kappa shape index (κ3) is 5.00. The van der Waals surface area contributed by atoms with Gasteiger partial charge in [-0.15, -0.1) is 12.4 Å². The summed E-state index contributed by atoms with van der Waals surface area (Å²) in [5.41, 5.74) is 6.18. The largest absolute Gasteiger partial charge is 0.343 e. The molecule has 2 amide bonds. The molecule has 1 heterocycles. The minimum atomic E-state index is -0.212. The molecule has 0 bridgehead atoms. The molecule has 0 aliphatic carbocycles. The van der Waals surface area contributed by atoms with Gasteiger partial charge in [0.1, 0.15) is 0 Å². The van der Waals surface area contributed by atoms with Crippen molar-refractivity contribution in [1.29, 1.82) is 0 Å². The normalized spacial score (nSPS) is 17.5. The molecule has 0 aromatic heterocycles. The number of nitrogens with two attached hydrogens (primary N) is 1. The lowest BCUT2D eigenvalue weighted by atomic mass is 9.99. The van der Waals surface area contributed by atoms with Gasteiger partial charge < -0.3 is 16.0 Å². The summed E-state index contributed by atoms with van der Waals surface area (Å²) in [6.07, 6.45) is 4.01. The predicted molar refractivity (Wildman–Crippen MR) is 89.0 cm³/mol. The van der Waals surface area contributed by atoms with Crippen molar-refractivity contribution in [3.05, 3.63) is 35.9 Å². The maximum Gasteiger partial charge on any atom is 0.251 e. The molecule has 1 unspecified atom stereocenters. The first kappa shape index (κ1) is 18.5. The van der Waals surface area contributed by atoms with Crippen molar-refractivity contribution in [1.82, 2.24) is 10.2 Å². The van der Waals surface area contributed by atoms with Crippen LogP contribution in [-0.2, 0) is 4.79 Å². The number of hydrogen-bond donors (Lipinski definition) is 2. The van der Waals surface area contributed by atoms with Crippen LogP contribution in [-0.4, -0.2) is 42.4 Å². The van der Waals surface area contributed by atoms with E-state index in [-0.39, 0.29) is 36.8 Å². The van der Waals surface area contributed by atoms with Gasteiger partial charge in [-0.05, 0) is 44.4 Å². The van der Waals surface area contributed by atoms with E-state index in [4.69, 9.17) is 5.73 Å². The predicted octanol–water partition coefficient (Wildman–Crippen LogP) is 1.57. The topological polar surface area (TPSA) is 75.4 Å². The van der Waals surface area contributed by atoms with E-state index in [1.165, 1.54) is 0 Å². The molecule has 22 heavy (non-hydrogen) atoms. The van der Waals surface area contributed by atoms with E-state index in [1.807, 2.05) is 11.0 Å². The molecule has 1 aromatic carbocycles. The molecule has 1 fully saturated rings. The summed E-state index contributed by atoms with van der Waals surface area (Å²) < 4.78 is 0. The highest BCUT2D eigenvalue weighted by Crippen LogP contribution is 2.19. The maximum absolute atomic E-state index is 12.3. The Hall–Kier alpha value is -1.59. The number of carbonyl (C=O) groups is 2. The van der Waals surface area contributed by atoms with E-state index in [9.17, 15) is 9.59 Å². The fraction of sp³-hybridized carbons (Fsp3) is 0.500. The Morgan fingerprint density at radius 2 is 1.95 bits per heavy atom. The van der Waals surface area contributed by atoms with Gasteiger partial charge in [-0.1, -0.05) is 18.2 Å². The van der Waals surface area contributed by atoms with Crippen LogP contribution in [0.4, 0.5) is 0 Å². The summed E-state index contributed by atoms with van der Waals surface area (Å²) in [7, 11) is 0. The van der Waals surface area contributed by atoms with Gasteiger partial charge in [0, 0.05) is 18.2 Å². The van der Waals surface area contributed by atoms with Crippen molar-refractivity contribution < 1.29 is 9.59 Å². The number of amides is 2. The molecule has 0 saturated carbocycles. The van der Waals surface area contributed by atoms with E-state index in [2.05, 4.69) is 5.32 Å². The van der Waals surface area contributed by atoms with Gasteiger partial charge in [-0.2, -0.15) is 0 Å². The van der Waals surface area contributed by atoms with E-state index in [0.717, 1.165) is 32.2 Å². The van der Waals surface area contributed by atoms with Crippen molar-refractivity contribution >= 4 is 24.2 Å². The van der Waals surface area contributed by atoms with E-state index >= 15 is 0 Å². The van der Waals surface area contributed by atoms with Gasteiger partial charge in [0.2, 0.25) is 5.91 Å². The number of halogens is 1. The number of piperidine rings is 1. The molecule has 1 saturated heterocycles. The average molecular weight is 326 g/mol. The number of benzene rings is 1. The molecule has 1 atom stereocenters. The van der Waals surface area contributed by atoms with Crippen LogP contribution in [0, 0.1) is 0 Å². The van der Waals surface area contributed by atoms with Gasteiger partial charge >= 0.3 is 0 Å². The SMILES string of the molecule is Cl.NCCC1CCCCN1C(=O)CNC(=O)c1ccccc1. The lowest BCUT2D eigenvalue weighted by molar-refractivity contribution is -0.133. The molecule has 0 spiro atoms. The number of nitrogens with zero attached hydrogens (tertiary/aromatic N) is 1. The smallest absolute Gasteiger partial charge is 0.251 e. The number of nitrogens with one attached hydrogen (secondary N) is 1. The maximum atomic E-state index is 12.3. The number of hydrogen-bond acceptors (Lipinski definition) is 3. The van der Waals surface area contributed by atoms with Crippen LogP contribution >= 0.6 is 12.4 Å². The summed E-state index contributed by atoms with van der Waals surface area (Å²) in [6, 6.07) is 9.16. The molecule has 1 aromatic rings. The van der Waals surface area contributed by atoms with Gasteiger partial charge in [0.25, 0.3) is 5.91 Å². The van der Waals surface area contributed by atoms with Crippen LogP contribution in [0.1, 0.15) is 36.0 Å². The van der Waals surface area contributed by atoms with Crippen molar-refractivity contribution in [2.24, 2.45) is 5.73 Å². The fourth-order valence-corrected chi connectivity index (χ4v) is 2.77. The third-order valence-corrected chi connectivity index (χ3v) is 3.88. The second-order valence-corrected chi connectivity index (χ2v) is 5.36. The second kappa shape index (κ2) is 9.43. The zero-order valence-corrected chi connectivity index (χ0v) is 13.5. The lowest BCUT2D eigenvalue weighted by Gasteiger charge is -2.35.